The SMILES string of the molecule is FC(F)Sc1ccc(NC2CCNCC2)cc1. The zero-order valence-electron chi connectivity index (χ0n) is 9.46. The van der Waals surface area contributed by atoms with E-state index in [-0.39, 0.29) is 0 Å². The van der Waals surface area contributed by atoms with Crippen LogP contribution in [0.15, 0.2) is 29.2 Å². The number of thioether (sulfide) groups is 1. The summed E-state index contributed by atoms with van der Waals surface area (Å²) >= 11 is 0.582. The maximum Gasteiger partial charge on any atom is 0.288 e. The van der Waals surface area contributed by atoms with Crippen molar-refractivity contribution >= 4 is 17.4 Å². The zero-order chi connectivity index (χ0) is 12.1. The van der Waals surface area contributed by atoms with Gasteiger partial charge in [0, 0.05) is 16.6 Å². The van der Waals surface area contributed by atoms with E-state index in [9.17, 15) is 8.78 Å². The molecule has 2 nitrogen and oxygen atoms in total. The summed E-state index contributed by atoms with van der Waals surface area (Å²) < 4.78 is 24.3. The van der Waals surface area contributed by atoms with E-state index in [1.165, 1.54) is 0 Å². The quantitative estimate of drug-likeness (QED) is 0.811. The summed E-state index contributed by atoms with van der Waals surface area (Å²) in [6.45, 7) is 2.08. The van der Waals surface area contributed by atoms with E-state index in [0.717, 1.165) is 31.6 Å². The Morgan fingerprint density at radius 1 is 1.18 bits per heavy atom. The van der Waals surface area contributed by atoms with Crippen molar-refractivity contribution in [1.29, 1.82) is 0 Å². The van der Waals surface area contributed by atoms with Crippen molar-refractivity contribution in [2.75, 3.05) is 18.4 Å². The molecule has 0 radical (unpaired) electrons. The van der Waals surface area contributed by atoms with Gasteiger partial charge in [-0.25, -0.2) is 0 Å². The molecule has 0 atom stereocenters. The number of hydrogen-bond acceptors (Lipinski definition) is 3. The van der Waals surface area contributed by atoms with Crippen LogP contribution in [0.3, 0.4) is 0 Å². The second-order valence-electron chi connectivity index (χ2n) is 4.07. The van der Waals surface area contributed by atoms with Gasteiger partial charge in [0.1, 0.15) is 0 Å². The van der Waals surface area contributed by atoms with Gasteiger partial charge in [0.25, 0.3) is 5.76 Å². The fourth-order valence-electron chi connectivity index (χ4n) is 1.93. The molecule has 1 aliphatic rings. The van der Waals surface area contributed by atoms with Gasteiger partial charge in [0.15, 0.2) is 0 Å². The molecule has 17 heavy (non-hydrogen) atoms. The fraction of sp³-hybridized carbons (Fsp3) is 0.500. The molecule has 0 aliphatic carbocycles. The Morgan fingerprint density at radius 2 is 1.82 bits per heavy atom. The lowest BCUT2D eigenvalue weighted by molar-refractivity contribution is 0.252. The van der Waals surface area contributed by atoms with Crippen LogP contribution in [0.25, 0.3) is 0 Å². The average molecular weight is 258 g/mol. The van der Waals surface area contributed by atoms with Gasteiger partial charge in [-0.3, -0.25) is 0 Å². The highest BCUT2D eigenvalue weighted by atomic mass is 32.2. The van der Waals surface area contributed by atoms with Gasteiger partial charge in [-0.2, -0.15) is 8.78 Å². The molecule has 0 saturated carbocycles. The molecule has 94 valence electrons. The monoisotopic (exact) mass is 258 g/mol. The van der Waals surface area contributed by atoms with E-state index in [1.807, 2.05) is 12.1 Å². The Balaban J connectivity index is 1.88. The number of halogens is 2. The van der Waals surface area contributed by atoms with Crippen LogP contribution in [0.5, 0.6) is 0 Å². The molecule has 0 aromatic heterocycles. The molecule has 1 aromatic carbocycles. The largest absolute Gasteiger partial charge is 0.382 e. The van der Waals surface area contributed by atoms with Crippen LogP contribution < -0.4 is 10.6 Å². The summed E-state index contributed by atoms with van der Waals surface area (Å²) in [5.41, 5.74) is 1.01. The lowest BCUT2D eigenvalue weighted by Gasteiger charge is -2.24. The normalized spacial score (nSPS) is 17.4. The molecule has 2 N–H and O–H groups in total. The third-order valence-corrected chi connectivity index (χ3v) is 3.51. The summed E-state index contributed by atoms with van der Waals surface area (Å²) in [5.74, 6) is -2.35. The minimum Gasteiger partial charge on any atom is -0.382 e. The van der Waals surface area contributed by atoms with Crippen molar-refractivity contribution in [3.05, 3.63) is 24.3 Å². The van der Waals surface area contributed by atoms with Crippen molar-refractivity contribution in [3.8, 4) is 0 Å². The molecular formula is C12H16F2N2S. The topological polar surface area (TPSA) is 24.1 Å². The first-order valence-corrected chi connectivity index (χ1v) is 6.64. The highest BCUT2D eigenvalue weighted by Gasteiger charge is 2.12. The summed E-state index contributed by atoms with van der Waals surface area (Å²) in [4.78, 5) is 0.607. The van der Waals surface area contributed by atoms with Gasteiger partial charge >= 0.3 is 0 Å². The number of alkyl halides is 2. The van der Waals surface area contributed by atoms with Gasteiger partial charge in [0.2, 0.25) is 0 Å². The number of benzene rings is 1. The second-order valence-corrected chi connectivity index (χ2v) is 5.13. The number of hydrogen-bond donors (Lipinski definition) is 2. The number of anilines is 1. The molecule has 1 heterocycles. The average Bonchev–Trinajstić information content (AvgIpc) is 2.32. The molecule has 0 unspecified atom stereocenters. The Labute approximate surface area is 104 Å². The predicted octanol–water partition coefficient (Wildman–Crippen LogP) is 3.17. The van der Waals surface area contributed by atoms with E-state index >= 15 is 0 Å². The van der Waals surface area contributed by atoms with Gasteiger partial charge in [0.05, 0.1) is 0 Å². The van der Waals surface area contributed by atoms with Gasteiger partial charge in [-0.15, -0.1) is 0 Å². The lowest BCUT2D eigenvalue weighted by Crippen LogP contribution is -2.35. The molecule has 5 heteroatoms. The maximum atomic E-state index is 12.1. The maximum absolute atomic E-state index is 12.1. The Kier molecular flexibility index (Phi) is 4.62. The lowest BCUT2D eigenvalue weighted by atomic mass is 10.1. The standard InChI is InChI=1S/C12H16F2N2S/c13-12(14)17-11-3-1-9(2-4-11)16-10-5-7-15-8-6-10/h1-4,10,12,15-16H,5-8H2. The van der Waals surface area contributed by atoms with Crippen molar-refractivity contribution < 1.29 is 8.78 Å². The number of piperidine rings is 1. The van der Waals surface area contributed by atoms with Crippen LogP contribution in [0, 0.1) is 0 Å². The van der Waals surface area contributed by atoms with Crippen LogP contribution in [0.4, 0.5) is 14.5 Å². The third-order valence-electron chi connectivity index (χ3n) is 2.79. The second kappa shape index (κ2) is 6.21. The first-order chi connectivity index (χ1) is 8.24. The number of rotatable bonds is 4. The minimum atomic E-state index is -2.35. The van der Waals surface area contributed by atoms with E-state index < -0.39 is 5.76 Å². The number of nitrogens with one attached hydrogen (secondary N) is 2. The molecule has 0 amide bonds. The summed E-state index contributed by atoms with van der Waals surface area (Å²) in [6, 6.07) is 7.70. The van der Waals surface area contributed by atoms with Crippen LogP contribution in [-0.2, 0) is 0 Å². The first kappa shape index (κ1) is 12.6. The highest BCUT2D eigenvalue weighted by molar-refractivity contribution is 7.99. The van der Waals surface area contributed by atoms with E-state index in [1.54, 1.807) is 12.1 Å². The smallest absolute Gasteiger partial charge is 0.288 e. The van der Waals surface area contributed by atoms with Crippen molar-refractivity contribution in [2.45, 2.75) is 29.5 Å². The highest BCUT2D eigenvalue weighted by Crippen LogP contribution is 2.26. The Morgan fingerprint density at radius 3 is 2.41 bits per heavy atom. The van der Waals surface area contributed by atoms with E-state index in [2.05, 4.69) is 10.6 Å². The predicted molar refractivity (Wildman–Crippen MR) is 67.8 cm³/mol. The zero-order valence-corrected chi connectivity index (χ0v) is 10.3. The molecular weight excluding hydrogens is 242 g/mol. The van der Waals surface area contributed by atoms with Gasteiger partial charge in [-0.1, -0.05) is 11.8 Å². The van der Waals surface area contributed by atoms with Crippen LogP contribution in [0.2, 0.25) is 0 Å². The molecule has 1 aliphatic heterocycles. The van der Waals surface area contributed by atoms with E-state index in [0.29, 0.717) is 22.7 Å². The van der Waals surface area contributed by atoms with Crippen molar-refractivity contribution in [1.82, 2.24) is 5.32 Å². The Bertz CT molecular complexity index is 337. The van der Waals surface area contributed by atoms with Crippen molar-refractivity contribution in [3.63, 3.8) is 0 Å². The summed E-state index contributed by atoms with van der Waals surface area (Å²) in [6.07, 6.45) is 2.21. The molecule has 0 spiro atoms. The molecule has 0 bridgehead atoms. The van der Waals surface area contributed by atoms with E-state index in [4.69, 9.17) is 0 Å². The van der Waals surface area contributed by atoms with Crippen LogP contribution in [-0.4, -0.2) is 24.9 Å². The van der Waals surface area contributed by atoms with Gasteiger partial charge < -0.3 is 10.6 Å². The summed E-state index contributed by atoms with van der Waals surface area (Å²) in [5, 5.41) is 6.73. The molecule has 1 fully saturated rings. The van der Waals surface area contributed by atoms with Crippen LogP contribution in [0.1, 0.15) is 12.8 Å². The van der Waals surface area contributed by atoms with Gasteiger partial charge in [-0.05, 0) is 50.2 Å². The van der Waals surface area contributed by atoms with Crippen molar-refractivity contribution in [2.24, 2.45) is 0 Å². The first-order valence-electron chi connectivity index (χ1n) is 5.76. The third kappa shape index (κ3) is 4.16. The fourth-order valence-corrected chi connectivity index (χ4v) is 2.43. The summed E-state index contributed by atoms with van der Waals surface area (Å²) in [7, 11) is 0. The Hall–Kier alpha value is -0.810. The van der Waals surface area contributed by atoms with Crippen LogP contribution >= 0.6 is 11.8 Å². The molecule has 2 rings (SSSR count). The molecule has 1 aromatic rings. The minimum absolute atomic E-state index is 0.491. The molecule has 1 saturated heterocycles.